The molecule has 25 heavy (non-hydrogen) atoms. The molecular formula is C20H26N4O. The quantitative estimate of drug-likeness (QED) is 0.892. The molecule has 0 unspecified atom stereocenters. The maximum atomic E-state index is 12.3. The molecule has 0 spiro atoms. The molecule has 2 N–H and O–H groups in total. The molecule has 0 atom stereocenters. The zero-order valence-corrected chi connectivity index (χ0v) is 15.2. The van der Waals surface area contributed by atoms with Gasteiger partial charge in [0.2, 0.25) is 0 Å². The number of rotatable bonds is 4. The molecule has 2 aromatic carbocycles. The van der Waals surface area contributed by atoms with Crippen molar-refractivity contribution >= 4 is 23.1 Å². The van der Waals surface area contributed by atoms with Crippen LogP contribution in [0.2, 0.25) is 0 Å². The van der Waals surface area contributed by atoms with E-state index in [1.807, 2.05) is 37.4 Å². The number of nitrogens with zero attached hydrogens (tertiary/aromatic N) is 2. The first-order chi connectivity index (χ1) is 12.0. The molecule has 0 saturated carbocycles. The number of urea groups is 1. The third kappa shape index (κ3) is 4.31. The van der Waals surface area contributed by atoms with Gasteiger partial charge in [0.1, 0.15) is 0 Å². The van der Waals surface area contributed by atoms with Gasteiger partial charge in [-0.3, -0.25) is 0 Å². The molecule has 1 aliphatic rings. The van der Waals surface area contributed by atoms with Crippen molar-refractivity contribution in [3.05, 3.63) is 53.6 Å². The lowest BCUT2D eigenvalue weighted by atomic mass is 9.99. The lowest BCUT2D eigenvalue weighted by molar-refractivity contribution is 0.262. The Bertz CT molecular complexity index is 759. The molecule has 0 bridgehead atoms. The van der Waals surface area contributed by atoms with E-state index in [2.05, 4.69) is 46.5 Å². The highest BCUT2D eigenvalue weighted by molar-refractivity contribution is 6.00. The Hall–Kier alpha value is -2.53. The number of carbonyl (C=O) groups is 1. The van der Waals surface area contributed by atoms with Crippen LogP contribution in [0.4, 0.5) is 21.9 Å². The van der Waals surface area contributed by atoms with Crippen molar-refractivity contribution in [3.63, 3.8) is 0 Å². The first-order valence-electron chi connectivity index (χ1n) is 8.74. The van der Waals surface area contributed by atoms with Crippen LogP contribution in [0.3, 0.4) is 0 Å². The molecule has 0 aliphatic carbocycles. The Morgan fingerprint density at radius 2 is 1.88 bits per heavy atom. The van der Waals surface area contributed by atoms with Gasteiger partial charge in [0.25, 0.3) is 0 Å². The van der Waals surface area contributed by atoms with Crippen molar-refractivity contribution < 1.29 is 4.79 Å². The number of hydrogen-bond donors (Lipinski definition) is 2. The molecule has 0 saturated heterocycles. The summed E-state index contributed by atoms with van der Waals surface area (Å²) < 4.78 is 0. The van der Waals surface area contributed by atoms with Gasteiger partial charge in [-0.25, -0.2) is 4.79 Å². The molecular weight excluding hydrogens is 312 g/mol. The fourth-order valence-electron chi connectivity index (χ4n) is 3.07. The predicted octanol–water partition coefficient (Wildman–Crippen LogP) is 3.77. The number of nitrogens with one attached hydrogen (secondary N) is 2. The van der Waals surface area contributed by atoms with Gasteiger partial charge >= 0.3 is 6.03 Å². The fraction of sp³-hybridized carbons (Fsp3) is 0.350. The van der Waals surface area contributed by atoms with Crippen LogP contribution in [-0.4, -0.2) is 38.1 Å². The van der Waals surface area contributed by atoms with Gasteiger partial charge in [0, 0.05) is 43.7 Å². The molecule has 5 nitrogen and oxygen atoms in total. The van der Waals surface area contributed by atoms with Crippen LogP contribution in [0.1, 0.15) is 18.1 Å². The van der Waals surface area contributed by atoms with Crippen LogP contribution in [0.15, 0.2) is 42.5 Å². The average molecular weight is 338 g/mol. The molecule has 5 heteroatoms. The average Bonchev–Trinajstić information content (AvgIpc) is 2.61. The molecule has 2 aromatic rings. The third-order valence-corrected chi connectivity index (χ3v) is 4.69. The van der Waals surface area contributed by atoms with E-state index in [9.17, 15) is 4.79 Å². The molecule has 1 aliphatic heterocycles. The molecule has 2 amide bonds. The molecule has 1 heterocycles. The minimum atomic E-state index is -0.218. The van der Waals surface area contributed by atoms with Crippen LogP contribution < -0.4 is 15.5 Å². The lowest BCUT2D eigenvalue weighted by Crippen LogP contribution is -2.26. The van der Waals surface area contributed by atoms with Crippen molar-refractivity contribution in [2.24, 2.45) is 0 Å². The summed E-state index contributed by atoms with van der Waals surface area (Å²) in [5.74, 6) is 0. The smallest absolute Gasteiger partial charge is 0.323 e. The van der Waals surface area contributed by atoms with Crippen molar-refractivity contribution in [2.45, 2.75) is 19.9 Å². The number of likely N-dealkylation sites (N-methyl/N-ethyl adjacent to an activating group) is 1. The first kappa shape index (κ1) is 17.3. The number of hydrogen-bond acceptors (Lipinski definition) is 3. The van der Waals surface area contributed by atoms with Crippen molar-refractivity contribution in [2.75, 3.05) is 42.7 Å². The van der Waals surface area contributed by atoms with Crippen LogP contribution in [0.5, 0.6) is 0 Å². The Balaban J connectivity index is 1.65. The van der Waals surface area contributed by atoms with E-state index in [1.165, 1.54) is 11.1 Å². The van der Waals surface area contributed by atoms with E-state index >= 15 is 0 Å². The van der Waals surface area contributed by atoms with Gasteiger partial charge < -0.3 is 20.4 Å². The number of fused-ring (bicyclic) bond motifs is 1. The Kier molecular flexibility index (Phi) is 5.24. The minimum Gasteiger partial charge on any atom is -0.375 e. The summed E-state index contributed by atoms with van der Waals surface area (Å²) in [6.45, 7) is 5.04. The third-order valence-electron chi connectivity index (χ3n) is 4.69. The predicted molar refractivity (Wildman–Crippen MR) is 105 cm³/mol. The van der Waals surface area contributed by atoms with E-state index in [1.54, 1.807) is 0 Å². The summed E-state index contributed by atoms with van der Waals surface area (Å²) >= 11 is 0. The van der Waals surface area contributed by atoms with Crippen molar-refractivity contribution in [1.82, 2.24) is 4.90 Å². The summed E-state index contributed by atoms with van der Waals surface area (Å²) in [5, 5.41) is 5.85. The van der Waals surface area contributed by atoms with Crippen LogP contribution in [0.25, 0.3) is 0 Å². The van der Waals surface area contributed by atoms with Crippen LogP contribution in [0, 0.1) is 0 Å². The largest absolute Gasteiger partial charge is 0.375 e. The molecule has 0 fully saturated rings. The number of benzene rings is 2. The highest BCUT2D eigenvalue weighted by atomic mass is 16.2. The summed E-state index contributed by atoms with van der Waals surface area (Å²) in [6.07, 6.45) is 1.02. The molecule has 0 radical (unpaired) electrons. The van der Waals surface area contributed by atoms with Gasteiger partial charge in [-0.05, 0) is 61.9 Å². The van der Waals surface area contributed by atoms with Gasteiger partial charge in [0.15, 0.2) is 0 Å². The van der Waals surface area contributed by atoms with E-state index in [4.69, 9.17) is 0 Å². The SMILES string of the molecule is CCN(C)c1cccc(NC(=O)Nc2ccc3c(c2)CCN(C)C3)c1. The van der Waals surface area contributed by atoms with E-state index in [0.29, 0.717) is 0 Å². The summed E-state index contributed by atoms with van der Waals surface area (Å²) in [4.78, 5) is 16.7. The number of carbonyl (C=O) groups excluding carboxylic acids is 1. The molecule has 132 valence electrons. The second-order valence-corrected chi connectivity index (χ2v) is 6.61. The molecule has 0 aromatic heterocycles. The van der Waals surface area contributed by atoms with Crippen LogP contribution >= 0.6 is 0 Å². The van der Waals surface area contributed by atoms with Gasteiger partial charge in [-0.15, -0.1) is 0 Å². The van der Waals surface area contributed by atoms with Gasteiger partial charge in [0.05, 0.1) is 0 Å². The Morgan fingerprint density at radius 1 is 1.12 bits per heavy atom. The van der Waals surface area contributed by atoms with E-state index in [-0.39, 0.29) is 6.03 Å². The zero-order valence-electron chi connectivity index (χ0n) is 15.2. The van der Waals surface area contributed by atoms with E-state index in [0.717, 1.165) is 43.1 Å². The van der Waals surface area contributed by atoms with Crippen molar-refractivity contribution in [3.8, 4) is 0 Å². The standard InChI is InChI=1S/C20H26N4O/c1-4-24(3)19-7-5-6-17(13-19)21-20(25)22-18-9-8-16-14-23(2)11-10-15(16)12-18/h5-9,12-13H,4,10-11,14H2,1-3H3,(H2,21,22,25). The maximum Gasteiger partial charge on any atom is 0.323 e. The highest BCUT2D eigenvalue weighted by Gasteiger charge is 2.14. The highest BCUT2D eigenvalue weighted by Crippen LogP contribution is 2.22. The Morgan fingerprint density at radius 3 is 2.64 bits per heavy atom. The monoisotopic (exact) mass is 338 g/mol. The first-order valence-corrected chi connectivity index (χ1v) is 8.74. The normalized spacial score (nSPS) is 13.9. The zero-order chi connectivity index (χ0) is 17.8. The summed E-state index contributed by atoms with van der Waals surface area (Å²) in [6, 6.07) is 13.8. The molecule has 3 rings (SSSR count). The second-order valence-electron chi connectivity index (χ2n) is 6.61. The lowest BCUT2D eigenvalue weighted by Gasteiger charge is -2.25. The Labute approximate surface area is 149 Å². The van der Waals surface area contributed by atoms with E-state index < -0.39 is 0 Å². The topological polar surface area (TPSA) is 47.6 Å². The summed E-state index contributed by atoms with van der Waals surface area (Å²) in [7, 11) is 4.16. The maximum absolute atomic E-state index is 12.3. The van der Waals surface area contributed by atoms with Gasteiger partial charge in [-0.2, -0.15) is 0 Å². The van der Waals surface area contributed by atoms with Crippen LogP contribution in [-0.2, 0) is 13.0 Å². The number of amides is 2. The van der Waals surface area contributed by atoms with Crippen molar-refractivity contribution in [1.29, 1.82) is 0 Å². The number of anilines is 3. The minimum absolute atomic E-state index is 0.218. The second kappa shape index (κ2) is 7.57. The van der Waals surface area contributed by atoms with Gasteiger partial charge in [-0.1, -0.05) is 12.1 Å². The fourth-order valence-corrected chi connectivity index (χ4v) is 3.07. The summed E-state index contributed by atoms with van der Waals surface area (Å²) in [5.41, 5.74) is 5.37.